The summed E-state index contributed by atoms with van der Waals surface area (Å²) in [6, 6.07) is 14.8. The van der Waals surface area contributed by atoms with Crippen molar-refractivity contribution in [2.24, 2.45) is 17.3 Å². The van der Waals surface area contributed by atoms with Crippen LogP contribution < -0.4 is 14.2 Å². The molecule has 4 heterocycles. The Kier molecular flexibility index (Phi) is 11.8. The second-order valence-corrected chi connectivity index (χ2v) is 19.1. The van der Waals surface area contributed by atoms with E-state index in [1.807, 2.05) is 42.5 Å². The van der Waals surface area contributed by atoms with Crippen LogP contribution in [-0.2, 0) is 40.4 Å². The number of amides is 2. The number of aryl methyl sites for hydroxylation is 1. The van der Waals surface area contributed by atoms with Gasteiger partial charge in [-0.1, -0.05) is 62.4 Å². The molecule has 2 saturated carbocycles. The number of carbonyl (C=O) groups is 4. The number of nitrogens with one attached hydrogen (secondary N) is 1. The zero-order valence-electron chi connectivity index (χ0n) is 33.4. The maximum Gasteiger partial charge on any atom is 0.306 e. The minimum absolute atomic E-state index is 0.0810. The largest absolute Gasteiger partial charge is 0.496 e. The smallest absolute Gasteiger partial charge is 0.306 e. The van der Waals surface area contributed by atoms with Crippen molar-refractivity contribution in [3.63, 3.8) is 0 Å². The normalized spacial score (nSPS) is 27.7. The third kappa shape index (κ3) is 8.74. The minimum Gasteiger partial charge on any atom is -0.496 e. The third-order valence-electron chi connectivity index (χ3n) is 13.0. The first-order chi connectivity index (χ1) is 28.0. The van der Waals surface area contributed by atoms with Gasteiger partial charge in [0.2, 0.25) is 21.8 Å². The molecule has 58 heavy (non-hydrogen) atoms. The van der Waals surface area contributed by atoms with E-state index in [-0.39, 0.29) is 50.0 Å². The third-order valence-corrected chi connectivity index (χ3v) is 14.9. The van der Waals surface area contributed by atoms with Gasteiger partial charge < -0.3 is 19.1 Å². The molecule has 13 heteroatoms. The van der Waals surface area contributed by atoms with Crippen LogP contribution >= 0.6 is 0 Å². The highest BCUT2D eigenvalue weighted by Gasteiger charge is 2.62. The average Bonchev–Trinajstić information content (AvgIpc) is 4.14. The Labute approximate surface area is 340 Å². The number of methoxy groups -OCH3 is 1. The van der Waals surface area contributed by atoms with Crippen molar-refractivity contribution >= 4 is 44.5 Å². The van der Waals surface area contributed by atoms with Gasteiger partial charge in [-0.15, -0.1) is 0 Å². The number of hydrogen-bond acceptors (Lipinski definition) is 10. The summed E-state index contributed by atoms with van der Waals surface area (Å²) < 4.78 is 46.7. The number of sulfonamides is 1. The first-order valence-electron chi connectivity index (χ1n) is 21.3. The molecule has 2 saturated heterocycles. The number of Topliss-reactive ketones (excluding diaryl/α,β-unsaturated/α-hetero) is 1. The fourth-order valence-electron chi connectivity index (χ4n) is 9.47. The Balaban J connectivity index is 1.17. The molecule has 5 atom stereocenters. The second kappa shape index (κ2) is 17.0. The fourth-order valence-corrected chi connectivity index (χ4v) is 10.9. The summed E-state index contributed by atoms with van der Waals surface area (Å²) in [7, 11) is -2.18. The van der Waals surface area contributed by atoms with Gasteiger partial charge in [0, 0.05) is 41.8 Å². The highest BCUT2D eigenvalue weighted by atomic mass is 32.2. The van der Waals surface area contributed by atoms with Crippen molar-refractivity contribution in [1.82, 2.24) is 14.6 Å². The van der Waals surface area contributed by atoms with Crippen molar-refractivity contribution < 1.29 is 41.8 Å². The lowest BCUT2D eigenvalue weighted by molar-refractivity contribution is -0.150. The van der Waals surface area contributed by atoms with Gasteiger partial charge in [-0.3, -0.25) is 23.9 Å². The number of rotatable bonds is 5. The van der Waals surface area contributed by atoms with E-state index in [1.165, 1.54) is 0 Å². The van der Waals surface area contributed by atoms with E-state index in [9.17, 15) is 27.6 Å². The molecule has 1 aromatic heterocycles. The molecule has 3 aliphatic heterocycles. The summed E-state index contributed by atoms with van der Waals surface area (Å²) in [5.74, 6) is -1.13. The quantitative estimate of drug-likeness (QED) is 0.270. The van der Waals surface area contributed by atoms with E-state index in [1.54, 1.807) is 12.0 Å². The molecular weight excluding hydrogens is 759 g/mol. The number of hydrogen-bond donors (Lipinski definition) is 1. The Morgan fingerprint density at radius 3 is 2.47 bits per heavy atom. The molecule has 4 fully saturated rings. The minimum atomic E-state index is -3.83. The molecular formula is C45H55N3O9S. The van der Waals surface area contributed by atoms with E-state index >= 15 is 0 Å². The molecule has 12 nitrogen and oxygen atoms in total. The zero-order chi connectivity index (χ0) is 40.4. The number of nitrogens with zero attached hydrogens (tertiary/aromatic N) is 2. The lowest BCUT2D eigenvalue weighted by atomic mass is 9.90. The molecule has 2 aromatic carbocycles. The van der Waals surface area contributed by atoms with Crippen LogP contribution in [0, 0.1) is 17.3 Å². The molecule has 5 bridgehead atoms. The molecule has 1 N–H and O–H groups in total. The highest BCUT2D eigenvalue weighted by molar-refractivity contribution is 7.90. The number of ketones is 1. The van der Waals surface area contributed by atoms with Crippen molar-refractivity contribution in [2.75, 3.05) is 20.3 Å². The molecule has 2 amide bonds. The molecule has 310 valence electrons. The van der Waals surface area contributed by atoms with Crippen LogP contribution in [0.25, 0.3) is 22.2 Å². The van der Waals surface area contributed by atoms with Crippen LogP contribution in [0.1, 0.15) is 108 Å². The van der Waals surface area contributed by atoms with Crippen molar-refractivity contribution in [1.29, 1.82) is 0 Å². The fraction of sp³-hybridized carbons (Fsp3) is 0.578. The van der Waals surface area contributed by atoms with Crippen LogP contribution in [0.5, 0.6) is 11.5 Å². The molecule has 0 spiro atoms. The standard InChI is InChI=1S/C45H55N3O9S/c1-55-40-25-37-35-21-30(40)15-10-6-12-20-56-42(50)22-31-16-7-3-2-4-11-17-32-26-45(32,44(52)47-58(53,54)34-18-19-34)27-39(49)38-23-33(28-48(38)43(31)51)57-41(35)24-36(46-37)29-13-8-5-9-14-29/h5,8-9,13-14,21,24-25,31-34,38H,2-4,6-7,10-12,15-20,22-23,26-28H2,1H3,(H,47,52)/t31-,32+,33-,38+,45-/m1/s1. The van der Waals surface area contributed by atoms with Crippen molar-refractivity contribution in [3.05, 3.63) is 54.1 Å². The summed E-state index contributed by atoms with van der Waals surface area (Å²) >= 11 is 0. The summed E-state index contributed by atoms with van der Waals surface area (Å²) in [6.07, 6.45) is 9.46. The maximum atomic E-state index is 14.8. The number of benzene rings is 2. The van der Waals surface area contributed by atoms with Gasteiger partial charge in [-0.25, -0.2) is 13.4 Å². The van der Waals surface area contributed by atoms with E-state index in [2.05, 4.69) is 10.8 Å². The van der Waals surface area contributed by atoms with Crippen LogP contribution in [0.15, 0.2) is 48.5 Å². The van der Waals surface area contributed by atoms with Crippen LogP contribution in [0.3, 0.4) is 0 Å². The SMILES string of the molecule is COc1cc2nc(-c3ccccc3)cc3c2cc1CCCCCOC(=O)C[C@H]1CCCCCCC[C@H]2C[C@@]2(C(=O)NS(=O)(=O)C2CC2)CC(=O)[C@@H]2C[C@H](CN2C1=O)O3. The molecule has 5 aliphatic rings. The van der Waals surface area contributed by atoms with Gasteiger partial charge in [0.25, 0.3) is 0 Å². The average molecular weight is 814 g/mol. The predicted molar refractivity (Wildman–Crippen MR) is 217 cm³/mol. The summed E-state index contributed by atoms with van der Waals surface area (Å²) in [5.41, 5.74) is 2.13. The van der Waals surface area contributed by atoms with E-state index in [0.29, 0.717) is 54.8 Å². The van der Waals surface area contributed by atoms with Crippen LogP contribution in [0.4, 0.5) is 0 Å². The van der Waals surface area contributed by atoms with Gasteiger partial charge in [-0.05, 0) is 75.3 Å². The number of esters is 1. The number of aromatic nitrogens is 1. The van der Waals surface area contributed by atoms with E-state index in [4.69, 9.17) is 19.2 Å². The maximum absolute atomic E-state index is 14.8. The molecule has 0 radical (unpaired) electrons. The predicted octanol–water partition coefficient (Wildman–Crippen LogP) is 6.85. The van der Waals surface area contributed by atoms with Crippen molar-refractivity contribution in [2.45, 2.75) is 127 Å². The Morgan fingerprint density at radius 2 is 1.69 bits per heavy atom. The van der Waals surface area contributed by atoms with Crippen LogP contribution in [-0.4, -0.2) is 79.5 Å². The molecule has 3 aromatic rings. The topological polar surface area (TPSA) is 158 Å². The number of cyclic esters (lactones) is 1. The summed E-state index contributed by atoms with van der Waals surface area (Å²) in [6.45, 7) is 0.362. The van der Waals surface area contributed by atoms with Gasteiger partial charge in [0.15, 0.2) is 5.78 Å². The first-order valence-corrected chi connectivity index (χ1v) is 22.9. The number of ether oxygens (including phenoxy) is 3. The van der Waals surface area contributed by atoms with Gasteiger partial charge in [0.1, 0.15) is 17.6 Å². The second-order valence-electron chi connectivity index (χ2n) is 17.2. The van der Waals surface area contributed by atoms with Crippen LogP contribution in [0.2, 0.25) is 0 Å². The van der Waals surface area contributed by atoms with Gasteiger partial charge in [-0.2, -0.15) is 0 Å². The summed E-state index contributed by atoms with van der Waals surface area (Å²) in [5, 5.41) is 0.216. The van der Waals surface area contributed by atoms with Crippen molar-refractivity contribution in [3.8, 4) is 22.8 Å². The number of fused-ring (bicyclic) bond motifs is 4. The Hall–Kier alpha value is -4.52. The lowest BCUT2D eigenvalue weighted by Crippen LogP contribution is -2.46. The molecule has 0 unspecified atom stereocenters. The Morgan fingerprint density at radius 1 is 0.931 bits per heavy atom. The van der Waals surface area contributed by atoms with E-state index < -0.39 is 50.6 Å². The lowest BCUT2D eigenvalue weighted by Gasteiger charge is -2.29. The Bertz CT molecular complexity index is 2160. The van der Waals surface area contributed by atoms with Gasteiger partial charge >= 0.3 is 5.97 Å². The first kappa shape index (κ1) is 40.3. The molecule has 2 aliphatic carbocycles. The number of pyridine rings is 1. The molecule has 8 rings (SSSR count). The highest BCUT2D eigenvalue weighted by Crippen LogP contribution is 2.59. The zero-order valence-corrected chi connectivity index (χ0v) is 34.2. The monoisotopic (exact) mass is 813 g/mol. The van der Waals surface area contributed by atoms with Gasteiger partial charge in [0.05, 0.1) is 54.6 Å². The number of carbonyl (C=O) groups excluding carboxylic acids is 4. The summed E-state index contributed by atoms with van der Waals surface area (Å²) in [4.78, 5) is 63.3. The van der Waals surface area contributed by atoms with E-state index in [0.717, 1.165) is 74.3 Å².